The quantitative estimate of drug-likeness (QED) is 0.689. The van der Waals surface area contributed by atoms with Crippen LogP contribution in [-0.2, 0) is 17.6 Å². The van der Waals surface area contributed by atoms with Crippen LogP contribution in [0.2, 0.25) is 0 Å². The van der Waals surface area contributed by atoms with E-state index in [-0.39, 0.29) is 12.2 Å². The lowest BCUT2D eigenvalue weighted by Gasteiger charge is -2.23. The Labute approximate surface area is 141 Å². The van der Waals surface area contributed by atoms with Crippen LogP contribution in [0.5, 0.6) is 0 Å². The van der Waals surface area contributed by atoms with Gasteiger partial charge in [-0.05, 0) is 42.5 Å². The lowest BCUT2D eigenvalue weighted by molar-refractivity contribution is -0.122. The van der Waals surface area contributed by atoms with Crippen molar-refractivity contribution in [2.45, 2.75) is 31.4 Å². The summed E-state index contributed by atoms with van der Waals surface area (Å²) >= 11 is 0. The first-order chi connectivity index (χ1) is 11.5. The van der Waals surface area contributed by atoms with Gasteiger partial charge in [-0.2, -0.15) is 0 Å². The summed E-state index contributed by atoms with van der Waals surface area (Å²) in [6.07, 6.45) is 0.207. The molecule has 0 saturated carbocycles. The summed E-state index contributed by atoms with van der Waals surface area (Å²) in [5, 5.41) is 10.3. The van der Waals surface area contributed by atoms with E-state index >= 15 is 0 Å². The third kappa shape index (κ3) is 5.44. The van der Waals surface area contributed by atoms with Crippen LogP contribution in [0.3, 0.4) is 0 Å². The van der Waals surface area contributed by atoms with Crippen molar-refractivity contribution in [1.29, 1.82) is 0 Å². The molecule has 0 aliphatic carbocycles. The second-order valence-corrected chi connectivity index (χ2v) is 6.09. The molecule has 24 heavy (non-hydrogen) atoms. The maximum absolute atomic E-state index is 13.0. The van der Waals surface area contributed by atoms with E-state index < -0.39 is 24.0 Å². The molecular formula is C19H23FN2O2. The predicted octanol–water partition coefficient (Wildman–Crippen LogP) is 1.79. The van der Waals surface area contributed by atoms with Crippen molar-refractivity contribution in [2.24, 2.45) is 17.4 Å². The fourth-order valence-corrected chi connectivity index (χ4v) is 2.69. The minimum atomic E-state index is -0.844. The second-order valence-electron chi connectivity index (χ2n) is 6.09. The van der Waals surface area contributed by atoms with Crippen LogP contribution in [-0.4, -0.2) is 23.2 Å². The first-order valence-corrected chi connectivity index (χ1v) is 7.97. The van der Waals surface area contributed by atoms with Crippen molar-refractivity contribution in [1.82, 2.24) is 0 Å². The van der Waals surface area contributed by atoms with Gasteiger partial charge in [0, 0.05) is 12.0 Å². The van der Waals surface area contributed by atoms with Crippen LogP contribution >= 0.6 is 0 Å². The van der Waals surface area contributed by atoms with Crippen LogP contribution in [0, 0.1) is 11.7 Å². The molecule has 2 rings (SSSR count). The van der Waals surface area contributed by atoms with E-state index in [1.165, 1.54) is 12.1 Å². The molecule has 5 heteroatoms. The Kier molecular flexibility index (Phi) is 6.46. The Balaban J connectivity index is 1.96. The number of carbonyl (C=O) groups excluding carboxylic acids is 1. The molecule has 0 aromatic heterocycles. The number of rotatable bonds is 8. The summed E-state index contributed by atoms with van der Waals surface area (Å²) in [6.45, 7) is 0. The molecule has 5 N–H and O–H groups in total. The number of hydrogen-bond donors (Lipinski definition) is 3. The van der Waals surface area contributed by atoms with E-state index in [2.05, 4.69) is 0 Å². The van der Waals surface area contributed by atoms with Crippen molar-refractivity contribution in [3.8, 4) is 0 Å². The van der Waals surface area contributed by atoms with Crippen molar-refractivity contribution in [3.05, 3.63) is 71.5 Å². The molecule has 128 valence electrons. The molecule has 0 radical (unpaired) electrons. The summed E-state index contributed by atoms with van der Waals surface area (Å²) in [4.78, 5) is 11.7. The molecule has 0 aliphatic heterocycles. The molecule has 0 bridgehead atoms. The average Bonchev–Trinajstić information content (AvgIpc) is 2.56. The zero-order valence-electron chi connectivity index (χ0n) is 13.4. The van der Waals surface area contributed by atoms with E-state index in [1.807, 2.05) is 30.3 Å². The molecule has 2 aromatic rings. The molecule has 3 atom stereocenters. The Bertz CT molecular complexity index is 646. The standard InChI is InChI=1S/C19H23FN2O2/c20-16-8-6-14(7-9-16)10-15(19(22)24)12-18(23)17(21)11-13-4-2-1-3-5-13/h1-9,15,17-18,23H,10-12,21H2,(H2,22,24)/t15-,17?,18+/m1/s1. The van der Waals surface area contributed by atoms with Gasteiger partial charge in [-0.1, -0.05) is 42.5 Å². The number of benzene rings is 2. The molecule has 0 fully saturated rings. The largest absolute Gasteiger partial charge is 0.391 e. The first-order valence-electron chi connectivity index (χ1n) is 7.97. The minimum absolute atomic E-state index is 0.181. The molecule has 0 aliphatic rings. The Morgan fingerprint density at radius 2 is 1.58 bits per heavy atom. The summed E-state index contributed by atoms with van der Waals surface area (Å²) in [5.41, 5.74) is 13.3. The number of aliphatic hydroxyl groups is 1. The molecule has 2 aromatic carbocycles. The zero-order chi connectivity index (χ0) is 17.5. The van der Waals surface area contributed by atoms with Gasteiger partial charge in [0.25, 0.3) is 0 Å². The monoisotopic (exact) mass is 330 g/mol. The number of amides is 1. The molecule has 0 heterocycles. The fourth-order valence-electron chi connectivity index (χ4n) is 2.69. The number of carbonyl (C=O) groups is 1. The molecule has 0 spiro atoms. The van der Waals surface area contributed by atoms with Gasteiger partial charge in [0.2, 0.25) is 5.91 Å². The van der Waals surface area contributed by atoms with Crippen LogP contribution in [0.25, 0.3) is 0 Å². The van der Waals surface area contributed by atoms with Gasteiger partial charge in [-0.15, -0.1) is 0 Å². The van der Waals surface area contributed by atoms with Gasteiger partial charge in [-0.3, -0.25) is 4.79 Å². The van der Waals surface area contributed by atoms with E-state index in [0.717, 1.165) is 11.1 Å². The fraction of sp³-hybridized carbons (Fsp3) is 0.316. The maximum Gasteiger partial charge on any atom is 0.220 e. The van der Waals surface area contributed by atoms with Gasteiger partial charge in [0.05, 0.1) is 6.10 Å². The molecule has 4 nitrogen and oxygen atoms in total. The second kappa shape index (κ2) is 8.57. The summed E-state index contributed by atoms with van der Waals surface area (Å²) in [5.74, 6) is -1.38. The lowest BCUT2D eigenvalue weighted by atomic mass is 9.89. The Morgan fingerprint density at radius 1 is 1.00 bits per heavy atom. The van der Waals surface area contributed by atoms with Gasteiger partial charge in [0.1, 0.15) is 5.82 Å². The highest BCUT2D eigenvalue weighted by Crippen LogP contribution is 2.17. The van der Waals surface area contributed by atoms with Crippen molar-refractivity contribution in [3.63, 3.8) is 0 Å². The highest BCUT2D eigenvalue weighted by Gasteiger charge is 2.24. The van der Waals surface area contributed by atoms with Crippen LogP contribution in [0.15, 0.2) is 54.6 Å². The third-order valence-electron chi connectivity index (χ3n) is 4.13. The van der Waals surface area contributed by atoms with Gasteiger partial charge >= 0.3 is 0 Å². The SMILES string of the molecule is NC(=O)[C@H](Cc1ccc(F)cc1)C[C@H](O)C(N)Cc1ccccc1. The summed E-state index contributed by atoms with van der Waals surface area (Å²) in [6, 6.07) is 15.0. The number of nitrogens with two attached hydrogens (primary N) is 2. The van der Waals surface area contributed by atoms with E-state index in [4.69, 9.17) is 11.5 Å². The lowest BCUT2D eigenvalue weighted by Crippen LogP contribution is -2.40. The van der Waals surface area contributed by atoms with Crippen LogP contribution in [0.4, 0.5) is 4.39 Å². The summed E-state index contributed by atoms with van der Waals surface area (Å²) in [7, 11) is 0. The number of aliphatic hydroxyl groups excluding tert-OH is 1. The normalized spacial score (nSPS) is 14.8. The zero-order valence-corrected chi connectivity index (χ0v) is 13.4. The highest BCUT2D eigenvalue weighted by atomic mass is 19.1. The minimum Gasteiger partial charge on any atom is -0.391 e. The Hall–Kier alpha value is -2.24. The van der Waals surface area contributed by atoms with Crippen molar-refractivity contribution < 1.29 is 14.3 Å². The highest BCUT2D eigenvalue weighted by molar-refractivity contribution is 5.77. The molecule has 1 amide bonds. The van der Waals surface area contributed by atoms with Crippen molar-refractivity contribution in [2.75, 3.05) is 0 Å². The average molecular weight is 330 g/mol. The first kappa shape index (κ1) is 18.1. The van der Waals surface area contributed by atoms with E-state index in [9.17, 15) is 14.3 Å². The Morgan fingerprint density at radius 3 is 2.17 bits per heavy atom. The molecular weight excluding hydrogens is 307 g/mol. The van der Waals surface area contributed by atoms with E-state index in [1.54, 1.807) is 12.1 Å². The number of halogens is 1. The van der Waals surface area contributed by atoms with Gasteiger partial charge < -0.3 is 16.6 Å². The number of hydrogen-bond acceptors (Lipinski definition) is 3. The third-order valence-corrected chi connectivity index (χ3v) is 4.13. The van der Waals surface area contributed by atoms with Gasteiger partial charge in [-0.25, -0.2) is 4.39 Å². The maximum atomic E-state index is 13.0. The van der Waals surface area contributed by atoms with E-state index in [0.29, 0.717) is 12.8 Å². The number of primary amides is 1. The predicted molar refractivity (Wildman–Crippen MR) is 91.5 cm³/mol. The topological polar surface area (TPSA) is 89.3 Å². The summed E-state index contributed by atoms with van der Waals surface area (Å²) < 4.78 is 13.0. The van der Waals surface area contributed by atoms with Crippen molar-refractivity contribution >= 4 is 5.91 Å². The molecule has 1 unspecified atom stereocenters. The smallest absolute Gasteiger partial charge is 0.220 e. The van der Waals surface area contributed by atoms with Crippen LogP contribution in [0.1, 0.15) is 17.5 Å². The molecule has 0 saturated heterocycles. The van der Waals surface area contributed by atoms with Gasteiger partial charge in [0.15, 0.2) is 0 Å². The van der Waals surface area contributed by atoms with Crippen LogP contribution < -0.4 is 11.5 Å².